The molecule has 2 N–H and O–H groups in total. The average molecular weight is 188 g/mol. The molecule has 2 aromatic rings. The highest BCUT2D eigenvalue weighted by Crippen LogP contribution is 2.25. The molecule has 74 valence electrons. The molecule has 0 fully saturated rings. The summed E-state index contributed by atoms with van der Waals surface area (Å²) in [5.74, 6) is 0. The normalized spacial score (nSPS) is 12.2. The van der Waals surface area contributed by atoms with Gasteiger partial charge in [-0.2, -0.15) is 0 Å². The van der Waals surface area contributed by atoms with Gasteiger partial charge in [0.1, 0.15) is 0 Å². The van der Waals surface area contributed by atoms with E-state index in [9.17, 15) is 0 Å². The molecule has 0 saturated carbocycles. The highest BCUT2D eigenvalue weighted by Gasteiger charge is 2.14. The van der Waals surface area contributed by atoms with Gasteiger partial charge in [-0.3, -0.25) is 0 Å². The maximum absolute atomic E-state index is 5.73. The monoisotopic (exact) mass is 188 g/mol. The number of rotatable bonds is 0. The van der Waals surface area contributed by atoms with Gasteiger partial charge < -0.3 is 10.3 Å². The van der Waals surface area contributed by atoms with Gasteiger partial charge in [0.15, 0.2) is 0 Å². The molecule has 14 heavy (non-hydrogen) atoms. The van der Waals surface area contributed by atoms with Gasteiger partial charge in [0, 0.05) is 28.3 Å². The Bertz CT molecular complexity index is 461. The van der Waals surface area contributed by atoms with Gasteiger partial charge in [0.25, 0.3) is 0 Å². The predicted octanol–water partition coefficient (Wildman–Crippen LogP) is 2.98. The molecule has 0 aliphatic carbocycles. The van der Waals surface area contributed by atoms with E-state index in [1.165, 1.54) is 10.9 Å². The molecule has 0 amide bonds. The van der Waals surface area contributed by atoms with E-state index in [1.807, 2.05) is 12.1 Å². The number of nitrogen functional groups attached to an aromatic ring is 1. The fourth-order valence-electron chi connectivity index (χ4n) is 1.75. The molecule has 0 atom stereocenters. The third kappa shape index (κ3) is 1.37. The summed E-state index contributed by atoms with van der Waals surface area (Å²) in [5, 5.41) is 1.21. The first-order valence-electron chi connectivity index (χ1n) is 4.85. The number of anilines is 1. The van der Waals surface area contributed by atoms with Crippen molar-refractivity contribution in [2.75, 3.05) is 5.73 Å². The lowest BCUT2D eigenvalue weighted by Crippen LogP contribution is -2.20. The number of hydrogen-bond donors (Lipinski definition) is 1. The Kier molecular flexibility index (Phi) is 1.81. The van der Waals surface area contributed by atoms with Crippen LogP contribution < -0.4 is 5.73 Å². The summed E-state index contributed by atoms with van der Waals surface area (Å²) in [6.45, 7) is 6.59. The Morgan fingerprint density at radius 3 is 2.50 bits per heavy atom. The lowest BCUT2D eigenvalue weighted by molar-refractivity contribution is 0.411. The van der Waals surface area contributed by atoms with Gasteiger partial charge in [0.05, 0.1) is 0 Å². The van der Waals surface area contributed by atoms with Crippen LogP contribution >= 0.6 is 0 Å². The Labute approximate surface area is 84.3 Å². The zero-order valence-corrected chi connectivity index (χ0v) is 8.91. The van der Waals surface area contributed by atoms with Crippen LogP contribution in [0.1, 0.15) is 20.8 Å². The van der Waals surface area contributed by atoms with Crippen LogP contribution in [0.25, 0.3) is 10.9 Å². The fraction of sp³-hybridized carbons (Fsp3) is 0.333. The summed E-state index contributed by atoms with van der Waals surface area (Å²) in [6, 6.07) is 8.15. The molecule has 0 spiro atoms. The topological polar surface area (TPSA) is 30.9 Å². The molecular formula is C12H16N2. The van der Waals surface area contributed by atoms with E-state index in [1.54, 1.807) is 0 Å². The van der Waals surface area contributed by atoms with Gasteiger partial charge in [0.2, 0.25) is 0 Å². The average Bonchev–Trinajstić information content (AvgIpc) is 2.45. The standard InChI is InChI=1S/C12H16N2/c1-12(2,3)14-7-6-9-8-10(13)4-5-11(9)14/h4-8H,13H2,1-3H3. The van der Waals surface area contributed by atoms with Crippen LogP contribution in [0, 0.1) is 0 Å². The van der Waals surface area contributed by atoms with Crippen LogP contribution in [0.4, 0.5) is 5.69 Å². The van der Waals surface area contributed by atoms with E-state index in [0.29, 0.717) is 0 Å². The minimum absolute atomic E-state index is 0.123. The van der Waals surface area contributed by atoms with Gasteiger partial charge in [-0.1, -0.05) is 0 Å². The number of nitrogens with zero attached hydrogens (tertiary/aromatic N) is 1. The smallest absolute Gasteiger partial charge is 0.0486 e. The Morgan fingerprint density at radius 1 is 1.14 bits per heavy atom. The summed E-state index contributed by atoms with van der Waals surface area (Å²) < 4.78 is 2.27. The minimum atomic E-state index is 0.123. The lowest BCUT2D eigenvalue weighted by atomic mass is 10.1. The van der Waals surface area contributed by atoms with E-state index in [4.69, 9.17) is 5.73 Å². The predicted molar refractivity (Wildman–Crippen MR) is 61.3 cm³/mol. The van der Waals surface area contributed by atoms with Gasteiger partial charge in [-0.15, -0.1) is 0 Å². The minimum Gasteiger partial charge on any atom is -0.399 e. The third-order valence-electron chi connectivity index (χ3n) is 2.44. The molecule has 1 aromatic carbocycles. The molecule has 0 aliphatic rings. The number of nitrogens with two attached hydrogens (primary N) is 1. The van der Waals surface area contributed by atoms with E-state index in [-0.39, 0.29) is 5.54 Å². The SMILES string of the molecule is CC(C)(C)n1ccc2cc(N)ccc21. The first-order valence-corrected chi connectivity index (χ1v) is 4.85. The lowest BCUT2D eigenvalue weighted by Gasteiger charge is -2.22. The van der Waals surface area contributed by atoms with Crippen LogP contribution in [0.3, 0.4) is 0 Å². The summed E-state index contributed by atoms with van der Waals surface area (Å²) >= 11 is 0. The van der Waals surface area contributed by atoms with Crippen molar-refractivity contribution >= 4 is 16.6 Å². The van der Waals surface area contributed by atoms with Gasteiger partial charge in [-0.25, -0.2) is 0 Å². The molecule has 0 aliphatic heterocycles. The van der Waals surface area contributed by atoms with Crippen LogP contribution in [0.15, 0.2) is 30.5 Å². The first kappa shape index (κ1) is 9.13. The number of fused-ring (bicyclic) bond motifs is 1. The van der Waals surface area contributed by atoms with E-state index in [2.05, 4.69) is 43.7 Å². The van der Waals surface area contributed by atoms with Crippen molar-refractivity contribution in [2.24, 2.45) is 0 Å². The van der Waals surface area contributed by atoms with E-state index < -0.39 is 0 Å². The zero-order chi connectivity index (χ0) is 10.3. The van der Waals surface area contributed by atoms with Crippen LogP contribution in [-0.4, -0.2) is 4.57 Å². The van der Waals surface area contributed by atoms with E-state index in [0.717, 1.165) is 5.69 Å². The molecule has 0 bridgehead atoms. The maximum atomic E-state index is 5.73. The second kappa shape index (κ2) is 2.77. The molecular weight excluding hydrogens is 172 g/mol. The van der Waals surface area contributed by atoms with Crippen molar-refractivity contribution < 1.29 is 0 Å². The second-order valence-electron chi connectivity index (χ2n) is 4.67. The molecule has 2 heteroatoms. The molecule has 0 unspecified atom stereocenters. The zero-order valence-electron chi connectivity index (χ0n) is 8.91. The van der Waals surface area contributed by atoms with Crippen molar-refractivity contribution in [2.45, 2.75) is 26.3 Å². The number of benzene rings is 1. The summed E-state index contributed by atoms with van der Waals surface area (Å²) in [4.78, 5) is 0. The summed E-state index contributed by atoms with van der Waals surface area (Å²) in [5.41, 5.74) is 7.92. The van der Waals surface area contributed by atoms with Gasteiger partial charge >= 0.3 is 0 Å². The molecule has 2 rings (SSSR count). The van der Waals surface area contributed by atoms with Crippen molar-refractivity contribution in [1.82, 2.24) is 4.57 Å². The first-order chi connectivity index (χ1) is 6.48. The number of aromatic nitrogens is 1. The van der Waals surface area contributed by atoms with Crippen LogP contribution in [0.5, 0.6) is 0 Å². The fourth-order valence-corrected chi connectivity index (χ4v) is 1.75. The summed E-state index contributed by atoms with van der Waals surface area (Å²) in [6.07, 6.45) is 2.12. The molecule has 0 radical (unpaired) electrons. The van der Waals surface area contributed by atoms with Crippen molar-refractivity contribution in [1.29, 1.82) is 0 Å². The highest BCUT2D eigenvalue weighted by atomic mass is 15.0. The van der Waals surface area contributed by atoms with E-state index >= 15 is 0 Å². The van der Waals surface area contributed by atoms with Crippen LogP contribution in [0.2, 0.25) is 0 Å². The molecule has 1 heterocycles. The van der Waals surface area contributed by atoms with Crippen LogP contribution in [-0.2, 0) is 5.54 Å². The second-order valence-corrected chi connectivity index (χ2v) is 4.67. The van der Waals surface area contributed by atoms with Crippen molar-refractivity contribution in [3.63, 3.8) is 0 Å². The quantitative estimate of drug-likeness (QED) is 0.633. The maximum Gasteiger partial charge on any atom is 0.0486 e. The Morgan fingerprint density at radius 2 is 1.86 bits per heavy atom. The van der Waals surface area contributed by atoms with Gasteiger partial charge in [-0.05, 0) is 45.0 Å². The van der Waals surface area contributed by atoms with Crippen molar-refractivity contribution in [3.05, 3.63) is 30.5 Å². The Balaban J connectivity index is 2.70. The molecule has 2 nitrogen and oxygen atoms in total. The third-order valence-corrected chi connectivity index (χ3v) is 2.44. The number of hydrogen-bond acceptors (Lipinski definition) is 1. The molecule has 1 aromatic heterocycles. The molecule has 0 saturated heterocycles. The highest BCUT2D eigenvalue weighted by molar-refractivity contribution is 5.83. The van der Waals surface area contributed by atoms with Crippen molar-refractivity contribution in [3.8, 4) is 0 Å². The largest absolute Gasteiger partial charge is 0.399 e. The Hall–Kier alpha value is -1.44. The summed E-state index contributed by atoms with van der Waals surface area (Å²) in [7, 11) is 0.